The summed E-state index contributed by atoms with van der Waals surface area (Å²) in [6, 6.07) is 10.1. The lowest BCUT2D eigenvalue weighted by Gasteiger charge is -2.17. The summed E-state index contributed by atoms with van der Waals surface area (Å²) >= 11 is 0. The van der Waals surface area contributed by atoms with Crippen LogP contribution in [0, 0.1) is 5.82 Å². The van der Waals surface area contributed by atoms with Crippen LogP contribution in [0.2, 0.25) is 0 Å². The average Bonchev–Trinajstić information content (AvgIpc) is 3.11. The van der Waals surface area contributed by atoms with E-state index in [1.807, 2.05) is 12.1 Å². The van der Waals surface area contributed by atoms with Crippen LogP contribution in [0.3, 0.4) is 0 Å². The topological polar surface area (TPSA) is 45.2 Å². The first kappa shape index (κ1) is 15.5. The van der Waals surface area contributed by atoms with E-state index in [4.69, 9.17) is 0 Å². The Kier molecular flexibility index (Phi) is 4.86. The molecule has 1 N–H and O–H groups in total. The Morgan fingerprint density at radius 1 is 1.17 bits per heavy atom. The quantitative estimate of drug-likeness (QED) is 0.923. The summed E-state index contributed by atoms with van der Waals surface area (Å²) in [5.74, 6) is -0.422. The largest absolute Gasteiger partial charge is 0.371 e. The normalized spacial score (nSPS) is 14.0. The first-order chi connectivity index (χ1) is 11.2. The molecule has 1 aromatic heterocycles. The van der Waals surface area contributed by atoms with Gasteiger partial charge in [-0.05, 0) is 49.1 Å². The Balaban J connectivity index is 1.55. The molecule has 1 saturated heterocycles. The van der Waals surface area contributed by atoms with Crippen LogP contribution in [0.25, 0.3) is 0 Å². The van der Waals surface area contributed by atoms with E-state index in [-0.39, 0.29) is 11.7 Å². The van der Waals surface area contributed by atoms with Gasteiger partial charge in [-0.15, -0.1) is 0 Å². The lowest BCUT2D eigenvalue weighted by Crippen LogP contribution is -2.27. The summed E-state index contributed by atoms with van der Waals surface area (Å²) in [4.78, 5) is 18.6. The van der Waals surface area contributed by atoms with Gasteiger partial charge in [-0.1, -0.05) is 12.1 Å². The van der Waals surface area contributed by atoms with Gasteiger partial charge < -0.3 is 10.2 Å². The molecule has 0 aliphatic carbocycles. The number of nitrogens with zero attached hydrogens (tertiary/aromatic N) is 2. The molecule has 4 nitrogen and oxygen atoms in total. The molecule has 1 aliphatic heterocycles. The molecule has 1 fully saturated rings. The van der Waals surface area contributed by atoms with Crippen molar-refractivity contribution in [3.05, 3.63) is 59.7 Å². The maximum absolute atomic E-state index is 12.8. The molecule has 0 bridgehead atoms. The Hall–Kier alpha value is -2.43. The fraction of sp³-hybridized carbons (Fsp3) is 0.333. The highest BCUT2D eigenvalue weighted by atomic mass is 19.1. The summed E-state index contributed by atoms with van der Waals surface area (Å²) in [5, 5.41) is 2.87. The molecule has 0 atom stereocenters. The predicted octanol–water partition coefficient (Wildman–Crippen LogP) is 2.79. The van der Waals surface area contributed by atoms with E-state index in [1.54, 1.807) is 18.3 Å². The fourth-order valence-corrected chi connectivity index (χ4v) is 2.78. The van der Waals surface area contributed by atoms with Gasteiger partial charge in [-0.25, -0.2) is 4.39 Å². The molecule has 2 aromatic rings. The molecular weight excluding hydrogens is 293 g/mol. The maximum atomic E-state index is 12.8. The molecule has 1 amide bonds. The zero-order valence-corrected chi connectivity index (χ0v) is 13.0. The molecule has 23 heavy (non-hydrogen) atoms. The minimum absolute atomic E-state index is 0.173. The number of carbonyl (C=O) groups excluding carboxylic acids is 1. The molecule has 0 unspecified atom stereocenters. The minimum atomic E-state index is -0.249. The third-order valence-electron chi connectivity index (χ3n) is 4.06. The van der Waals surface area contributed by atoms with E-state index in [0.717, 1.165) is 24.3 Å². The van der Waals surface area contributed by atoms with E-state index in [2.05, 4.69) is 15.2 Å². The predicted molar refractivity (Wildman–Crippen MR) is 88.1 cm³/mol. The number of halogens is 1. The van der Waals surface area contributed by atoms with Crippen LogP contribution < -0.4 is 10.2 Å². The summed E-state index contributed by atoms with van der Waals surface area (Å²) in [6.45, 7) is 2.57. The molecule has 0 saturated carbocycles. The summed E-state index contributed by atoms with van der Waals surface area (Å²) in [6.07, 6.45) is 4.74. The number of aromatic nitrogens is 1. The Labute approximate surface area is 135 Å². The number of rotatable bonds is 5. The molecule has 120 valence electrons. The standard InChI is InChI=1S/C18H20FN3O/c19-15-5-3-14(4-6-15)7-9-21-18(23)17-13-16(8-10-20-17)22-11-1-2-12-22/h3-6,8,10,13H,1-2,7,9,11-12H2,(H,21,23). The number of anilines is 1. The smallest absolute Gasteiger partial charge is 0.269 e. The van der Waals surface area contributed by atoms with Crippen molar-refractivity contribution in [2.24, 2.45) is 0 Å². The Bertz CT molecular complexity index is 666. The Morgan fingerprint density at radius 3 is 2.65 bits per heavy atom. The number of hydrogen-bond donors (Lipinski definition) is 1. The van der Waals surface area contributed by atoms with Crippen molar-refractivity contribution >= 4 is 11.6 Å². The van der Waals surface area contributed by atoms with E-state index >= 15 is 0 Å². The minimum Gasteiger partial charge on any atom is -0.371 e. The zero-order chi connectivity index (χ0) is 16.1. The van der Waals surface area contributed by atoms with E-state index in [1.165, 1.54) is 25.0 Å². The van der Waals surface area contributed by atoms with E-state index < -0.39 is 0 Å². The zero-order valence-electron chi connectivity index (χ0n) is 13.0. The van der Waals surface area contributed by atoms with Gasteiger partial charge in [0.2, 0.25) is 0 Å². The van der Waals surface area contributed by atoms with E-state index in [0.29, 0.717) is 18.7 Å². The van der Waals surface area contributed by atoms with Gasteiger partial charge in [-0.2, -0.15) is 0 Å². The van der Waals surface area contributed by atoms with Crippen LogP contribution in [0.4, 0.5) is 10.1 Å². The lowest BCUT2D eigenvalue weighted by molar-refractivity contribution is 0.0949. The van der Waals surface area contributed by atoms with Gasteiger partial charge in [0.25, 0.3) is 5.91 Å². The van der Waals surface area contributed by atoms with Crippen molar-refractivity contribution in [1.29, 1.82) is 0 Å². The molecule has 5 heteroatoms. The second-order valence-electron chi connectivity index (χ2n) is 5.73. The molecule has 3 rings (SSSR count). The third kappa shape index (κ3) is 4.06. The Morgan fingerprint density at radius 2 is 1.91 bits per heavy atom. The average molecular weight is 313 g/mol. The SMILES string of the molecule is O=C(NCCc1ccc(F)cc1)c1cc(N2CCCC2)ccn1. The van der Waals surface area contributed by atoms with Gasteiger partial charge in [0.15, 0.2) is 0 Å². The van der Waals surface area contributed by atoms with Gasteiger partial charge in [0.1, 0.15) is 11.5 Å². The number of hydrogen-bond acceptors (Lipinski definition) is 3. The van der Waals surface area contributed by atoms with Crippen LogP contribution in [0.1, 0.15) is 28.9 Å². The number of amides is 1. The fourth-order valence-electron chi connectivity index (χ4n) is 2.78. The highest BCUT2D eigenvalue weighted by Gasteiger charge is 2.14. The molecule has 1 aliphatic rings. The summed E-state index contributed by atoms with van der Waals surface area (Å²) < 4.78 is 12.8. The first-order valence-corrected chi connectivity index (χ1v) is 7.96. The van der Waals surface area contributed by atoms with Crippen molar-refractivity contribution in [3.8, 4) is 0 Å². The highest BCUT2D eigenvalue weighted by Crippen LogP contribution is 2.20. The molecule has 2 heterocycles. The number of pyridine rings is 1. The van der Waals surface area contributed by atoms with Crippen molar-refractivity contribution in [1.82, 2.24) is 10.3 Å². The van der Waals surface area contributed by atoms with Crippen LogP contribution in [0.5, 0.6) is 0 Å². The van der Waals surface area contributed by atoms with Crippen molar-refractivity contribution in [3.63, 3.8) is 0 Å². The second kappa shape index (κ2) is 7.22. The number of nitrogens with one attached hydrogen (secondary N) is 1. The van der Waals surface area contributed by atoms with Crippen molar-refractivity contribution in [2.45, 2.75) is 19.3 Å². The van der Waals surface area contributed by atoms with Gasteiger partial charge in [-0.3, -0.25) is 9.78 Å². The second-order valence-corrected chi connectivity index (χ2v) is 5.73. The first-order valence-electron chi connectivity index (χ1n) is 7.96. The van der Waals surface area contributed by atoms with Crippen LogP contribution in [-0.2, 0) is 6.42 Å². The molecule has 1 aromatic carbocycles. The maximum Gasteiger partial charge on any atom is 0.269 e. The van der Waals surface area contributed by atoms with Crippen LogP contribution in [0.15, 0.2) is 42.6 Å². The van der Waals surface area contributed by atoms with Gasteiger partial charge in [0.05, 0.1) is 0 Å². The van der Waals surface area contributed by atoms with Gasteiger partial charge >= 0.3 is 0 Å². The van der Waals surface area contributed by atoms with E-state index in [9.17, 15) is 9.18 Å². The highest BCUT2D eigenvalue weighted by molar-refractivity contribution is 5.93. The number of benzene rings is 1. The third-order valence-corrected chi connectivity index (χ3v) is 4.06. The van der Waals surface area contributed by atoms with Crippen LogP contribution in [-0.4, -0.2) is 30.5 Å². The van der Waals surface area contributed by atoms with Gasteiger partial charge in [0, 0.05) is 31.5 Å². The molecular formula is C18H20FN3O. The summed E-state index contributed by atoms with van der Waals surface area (Å²) in [5.41, 5.74) is 2.49. The molecule has 0 radical (unpaired) electrons. The van der Waals surface area contributed by atoms with Crippen molar-refractivity contribution < 1.29 is 9.18 Å². The van der Waals surface area contributed by atoms with Crippen molar-refractivity contribution in [2.75, 3.05) is 24.5 Å². The van der Waals surface area contributed by atoms with Crippen LogP contribution >= 0.6 is 0 Å². The monoisotopic (exact) mass is 313 g/mol. The molecule has 0 spiro atoms. The summed E-state index contributed by atoms with van der Waals surface area (Å²) in [7, 11) is 0. The lowest BCUT2D eigenvalue weighted by atomic mass is 10.1. The number of carbonyl (C=O) groups is 1.